The van der Waals surface area contributed by atoms with Crippen LogP contribution in [0.5, 0.6) is 0 Å². The molecule has 1 heterocycles. The van der Waals surface area contributed by atoms with Gasteiger partial charge >= 0.3 is 0 Å². The number of anilines is 1. The number of thioether (sulfide) groups is 1. The number of aliphatic hydroxyl groups is 1. The molecule has 0 aliphatic carbocycles. The zero-order chi connectivity index (χ0) is 14.2. The Bertz CT molecular complexity index is 525. The van der Waals surface area contributed by atoms with Gasteiger partial charge in [-0.1, -0.05) is 12.1 Å². The van der Waals surface area contributed by atoms with Gasteiger partial charge in [0.15, 0.2) is 0 Å². The number of furan rings is 1. The van der Waals surface area contributed by atoms with Crippen molar-refractivity contribution in [3.05, 3.63) is 53.5 Å². The van der Waals surface area contributed by atoms with Crippen molar-refractivity contribution < 1.29 is 9.52 Å². The molecule has 0 fully saturated rings. The Balaban J connectivity index is 1.89. The third-order valence-corrected chi connectivity index (χ3v) is 3.59. The molecule has 0 saturated carbocycles. The second-order valence-corrected chi connectivity index (χ2v) is 5.55. The molecular formula is C16H21NO2S. The van der Waals surface area contributed by atoms with Crippen molar-refractivity contribution in [2.75, 3.05) is 18.2 Å². The molecule has 108 valence electrons. The molecule has 0 bridgehead atoms. The zero-order valence-corrected chi connectivity index (χ0v) is 12.6. The number of nitrogens with one attached hydrogen (secondary N) is 1. The van der Waals surface area contributed by atoms with Crippen molar-refractivity contribution in [2.24, 2.45) is 0 Å². The smallest absolute Gasteiger partial charge is 0.123 e. The van der Waals surface area contributed by atoms with Gasteiger partial charge in [0.1, 0.15) is 11.5 Å². The van der Waals surface area contributed by atoms with Crippen LogP contribution < -0.4 is 5.32 Å². The molecule has 2 N–H and O–H groups in total. The molecule has 0 unspecified atom stereocenters. The van der Waals surface area contributed by atoms with Crippen LogP contribution in [0.25, 0.3) is 0 Å². The van der Waals surface area contributed by atoms with E-state index in [2.05, 4.69) is 23.7 Å². The van der Waals surface area contributed by atoms with E-state index in [9.17, 15) is 0 Å². The fourth-order valence-electron chi connectivity index (χ4n) is 2.05. The highest BCUT2D eigenvalue weighted by Gasteiger charge is 2.02. The van der Waals surface area contributed by atoms with Crippen LogP contribution in [-0.4, -0.2) is 18.0 Å². The van der Waals surface area contributed by atoms with E-state index in [1.165, 1.54) is 5.56 Å². The quantitative estimate of drug-likeness (QED) is 0.779. The number of aryl methyl sites for hydroxylation is 1. The molecule has 0 spiro atoms. The number of aliphatic hydroxyl groups excluding tert-OH is 1. The first kappa shape index (κ1) is 15.0. The number of rotatable bonds is 8. The Labute approximate surface area is 124 Å². The summed E-state index contributed by atoms with van der Waals surface area (Å²) in [6.07, 6.45) is 3.78. The van der Waals surface area contributed by atoms with Gasteiger partial charge in [-0.05, 0) is 48.9 Å². The van der Waals surface area contributed by atoms with Gasteiger partial charge in [-0.15, -0.1) is 0 Å². The summed E-state index contributed by atoms with van der Waals surface area (Å²) >= 11 is 1.76. The molecule has 0 atom stereocenters. The standard InChI is InChI=1S/C16H21NO2S/c1-20-12-16-8-7-15(19-16)11-17-14-6-2-4-13(10-14)5-3-9-18/h2,4,6-8,10,17-18H,3,5,9,11-12H2,1H3. The Morgan fingerprint density at radius 1 is 1.20 bits per heavy atom. The first-order valence-corrected chi connectivity index (χ1v) is 8.21. The van der Waals surface area contributed by atoms with Crippen LogP contribution >= 0.6 is 11.8 Å². The predicted octanol–water partition coefficient (Wildman–Crippen LogP) is 3.68. The van der Waals surface area contributed by atoms with Gasteiger partial charge in [-0.2, -0.15) is 11.8 Å². The highest BCUT2D eigenvalue weighted by Crippen LogP contribution is 2.16. The number of hydrogen-bond donors (Lipinski definition) is 2. The fourth-order valence-corrected chi connectivity index (χ4v) is 2.49. The summed E-state index contributed by atoms with van der Waals surface area (Å²) < 4.78 is 5.72. The fraction of sp³-hybridized carbons (Fsp3) is 0.375. The van der Waals surface area contributed by atoms with Crippen LogP contribution in [0.15, 0.2) is 40.8 Å². The molecule has 2 aromatic rings. The van der Waals surface area contributed by atoms with Crippen molar-refractivity contribution in [3.63, 3.8) is 0 Å². The molecule has 0 saturated heterocycles. The lowest BCUT2D eigenvalue weighted by molar-refractivity contribution is 0.288. The molecule has 1 aromatic carbocycles. The number of hydrogen-bond acceptors (Lipinski definition) is 4. The summed E-state index contributed by atoms with van der Waals surface area (Å²) in [6, 6.07) is 12.4. The summed E-state index contributed by atoms with van der Waals surface area (Å²) in [5.41, 5.74) is 2.33. The number of benzene rings is 1. The highest BCUT2D eigenvalue weighted by molar-refractivity contribution is 7.97. The first-order chi connectivity index (χ1) is 9.81. The SMILES string of the molecule is CSCc1ccc(CNc2cccc(CCCO)c2)o1. The van der Waals surface area contributed by atoms with Crippen molar-refractivity contribution in [1.29, 1.82) is 0 Å². The van der Waals surface area contributed by atoms with Crippen LogP contribution in [0.2, 0.25) is 0 Å². The largest absolute Gasteiger partial charge is 0.463 e. The average Bonchev–Trinajstić information content (AvgIpc) is 2.92. The molecule has 3 nitrogen and oxygen atoms in total. The maximum atomic E-state index is 8.87. The van der Waals surface area contributed by atoms with E-state index in [1.54, 1.807) is 11.8 Å². The van der Waals surface area contributed by atoms with Crippen LogP contribution in [0, 0.1) is 0 Å². The van der Waals surface area contributed by atoms with Crippen molar-refractivity contribution in [3.8, 4) is 0 Å². The summed E-state index contributed by atoms with van der Waals surface area (Å²) in [4.78, 5) is 0. The van der Waals surface area contributed by atoms with Gasteiger partial charge in [-0.25, -0.2) is 0 Å². The van der Waals surface area contributed by atoms with Gasteiger partial charge < -0.3 is 14.8 Å². The lowest BCUT2D eigenvalue weighted by Crippen LogP contribution is -1.99. The summed E-state index contributed by atoms with van der Waals surface area (Å²) in [6.45, 7) is 0.931. The molecule has 0 radical (unpaired) electrons. The zero-order valence-electron chi connectivity index (χ0n) is 11.8. The Hall–Kier alpha value is -1.39. The Kier molecular flexibility index (Phi) is 6.02. The predicted molar refractivity (Wildman–Crippen MR) is 85.1 cm³/mol. The summed E-state index contributed by atoms with van der Waals surface area (Å²) in [5, 5.41) is 12.2. The van der Waals surface area contributed by atoms with E-state index in [1.807, 2.05) is 24.3 Å². The lowest BCUT2D eigenvalue weighted by Gasteiger charge is -2.07. The van der Waals surface area contributed by atoms with Crippen LogP contribution in [0.4, 0.5) is 5.69 Å². The minimum absolute atomic E-state index is 0.238. The van der Waals surface area contributed by atoms with Gasteiger partial charge in [0.2, 0.25) is 0 Å². The summed E-state index contributed by atoms with van der Waals surface area (Å²) in [7, 11) is 0. The Morgan fingerprint density at radius 2 is 2.05 bits per heavy atom. The molecule has 20 heavy (non-hydrogen) atoms. The van der Waals surface area contributed by atoms with E-state index >= 15 is 0 Å². The highest BCUT2D eigenvalue weighted by atomic mass is 32.2. The van der Waals surface area contributed by atoms with Gasteiger partial charge in [0.05, 0.1) is 12.3 Å². The minimum Gasteiger partial charge on any atom is -0.463 e. The van der Waals surface area contributed by atoms with Crippen molar-refractivity contribution in [1.82, 2.24) is 0 Å². The molecular weight excluding hydrogens is 270 g/mol. The van der Waals surface area contributed by atoms with E-state index in [4.69, 9.17) is 9.52 Å². The normalized spacial score (nSPS) is 10.7. The molecule has 4 heteroatoms. The second-order valence-electron chi connectivity index (χ2n) is 4.68. The van der Waals surface area contributed by atoms with Crippen molar-refractivity contribution in [2.45, 2.75) is 25.1 Å². The topological polar surface area (TPSA) is 45.4 Å². The summed E-state index contributed by atoms with van der Waals surface area (Å²) in [5.74, 6) is 2.89. The third kappa shape index (κ3) is 4.62. The van der Waals surface area contributed by atoms with E-state index in [0.29, 0.717) is 6.54 Å². The van der Waals surface area contributed by atoms with Gasteiger partial charge in [0, 0.05) is 12.3 Å². The minimum atomic E-state index is 0.238. The van der Waals surface area contributed by atoms with Gasteiger partial charge in [0.25, 0.3) is 0 Å². The van der Waals surface area contributed by atoms with Gasteiger partial charge in [-0.3, -0.25) is 0 Å². The molecule has 0 amide bonds. The second kappa shape index (κ2) is 8.02. The van der Waals surface area contributed by atoms with Crippen LogP contribution in [0.1, 0.15) is 23.5 Å². The maximum absolute atomic E-state index is 8.87. The van der Waals surface area contributed by atoms with E-state index < -0.39 is 0 Å². The molecule has 1 aromatic heterocycles. The molecule has 0 aliphatic heterocycles. The third-order valence-electron chi connectivity index (χ3n) is 3.02. The lowest BCUT2D eigenvalue weighted by atomic mass is 10.1. The monoisotopic (exact) mass is 291 g/mol. The molecule has 0 aliphatic rings. The van der Waals surface area contributed by atoms with Crippen LogP contribution in [-0.2, 0) is 18.7 Å². The van der Waals surface area contributed by atoms with E-state index in [-0.39, 0.29) is 6.61 Å². The average molecular weight is 291 g/mol. The molecule has 2 rings (SSSR count). The van der Waals surface area contributed by atoms with Crippen LogP contribution in [0.3, 0.4) is 0 Å². The van der Waals surface area contributed by atoms with E-state index in [0.717, 1.165) is 35.8 Å². The first-order valence-electron chi connectivity index (χ1n) is 6.82. The Morgan fingerprint density at radius 3 is 2.85 bits per heavy atom. The van der Waals surface area contributed by atoms with Crippen molar-refractivity contribution >= 4 is 17.4 Å². The maximum Gasteiger partial charge on any atom is 0.123 e.